The molecular formula is C19H19F4NO10. The summed E-state index contributed by atoms with van der Waals surface area (Å²) in [7, 11) is 0. The van der Waals surface area contributed by atoms with E-state index >= 15 is 0 Å². The second-order valence-corrected chi connectivity index (χ2v) is 6.84. The van der Waals surface area contributed by atoms with Crippen molar-refractivity contribution in [2.45, 2.75) is 58.4 Å². The quantitative estimate of drug-likeness (QED) is 0.232. The van der Waals surface area contributed by atoms with Crippen LogP contribution >= 0.6 is 0 Å². The number of hydrogen-bond acceptors (Lipinski definition) is 11. The first kappa shape index (κ1) is 26.8. The first-order valence-corrected chi connectivity index (χ1v) is 9.48. The lowest BCUT2D eigenvalue weighted by Crippen LogP contribution is -2.63. The van der Waals surface area contributed by atoms with Crippen molar-refractivity contribution >= 4 is 23.9 Å². The molecule has 0 N–H and O–H groups in total. The Morgan fingerprint density at radius 2 is 1.24 bits per heavy atom. The zero-order valence-electron chi connectivity index (χ0n) is 18.1. The number of halogens is 4. The predicted molar refractivity (Wildman–Crippen MR) is 96.7 cm³/mol. The number of nitrogens with zero attached hydrogens (tertiary/aromatic N) is 1. The molecular weight excluding hydrogens is 478 g/mol. The molecule has 1 saturated heterocycles. The lowest BCUT2D eigenvalue weighted by Gasteiger charge is -2.43. The lowest BCUT2D eigenvalue weighted by molar-refractivity contribution is -0.289. The summed E-state index contributed by atoms with van der Waals surface area (Å²) in [5, 5.41) is 0. The zero-order chi connectivity index (χ0) is 25.7. The number of hydrogen-bond donors (Lipinski definition) is 0. The maximum Gasteiger partial charge on any atom is 0.303 e. The third kappa shape index (κ3) is 6.52. The normalized spacial score (nSPS) is 24.1. The number of aromatic nitrogens is 1. The van der Waals surface area contributed by atoms with Gasteiger partial charge in [-0.05, 0) is 0 Å². The van der Waals surface area contributed by atoms with Crippen molar-refractivity contribution in [3.8, 4) is 5.75 Å². The van der Waals surface area contributed by atoms with E-state index in [2.05, 4.69) is 4.98 Å². The van der Waals surface area contributed by atoms with Crippen LogP contribution in [0.15, 0.2) is 0 Å². The summed E-state index contributed by atoms with van der Waals surface area (Å²) in [6.07, 6.45) is -8.81. The van der Waals surface area contributed by atoms with Crippen LogP contribution in [-0.4, -0.2) is 66.2 Å². The molecule has 1 aromatic heterocycles. The molecule has 1 fully saturated rings. The monoisotopic (exact) mass is 497 g/mol. The van der Waals surface area contributed by atoms with Crippen molar-refractivity contribution < 1.29 is 65.2 Å². The maximum atomic E-state index is 14.1. The summed E-state index contributed by atoms with van der Waals surface area (Å²) in [5.74, 6) is -13.6. The van der Waals surface area contributed by atoms with Crippen LogP contribution in [0.5, 0.6) is 5.75 Å². The Morgan fingerprint density at radius 3 is 1.71 bits per heavy atom. The molecule has 1 aromatic rings. The van der Waals surface area contributed by atoms with Gasteiger partial charge in [0.05, 0.1) is 0 Å². The van der Waals surface area contributed by atoms with Gasteiger partial charge in [0.2, 0.25) is 29.8 Å². The number of pyridine rings is 1. The summed E-state index contributed by atoms with van der Waals surface area (Å²) >= 11 is 0. The minimum atomic E-state index is -2.11. The molecule has 0 unspecified atom stereocenters. The van der Waals surface area contributed by atoms with Gasteiger partial charge in [-0.25, -0.2) is 0 Å². The lowest BCUT2D eigenvalue weighted by atomic mass is 9.98. The Labute approximate surface area is 189 Å². The summed E-state index contributed by atoms with van der Waals surface area (Å²) in [4.78, 5) is 48.7. The SMILES string of the molecule is CC(=O)OC[C@H]1O[C@@H](Oc2c(F)c(F)nc(F)c2F)[C@H](OC(C)=O)[C@@H](OC(C)=O)[C@@H]1OC(C)=O. The van der Waals surface area contributed by atoms with Crippen molar-refractivity contribution in [1.82, 2.24) is 4.98 Å². The minimum absolute atomic E-state index is 0.665. The standard InChI is InChI=1S/C19H19F4NO10/c1-6(25)29-5-10-13(30-7(2)26)15(31-8(3)27)16(32-9(4)28)19(33-10)34-14-11(20)17(22)24-18(23)12(14)21/h10,13,15-16,19H,5H2,1-4H3/t10-,13-,15+,16-,19+/m1/s1. The molecule has 0 radical (unpaired) electrons. The van der Waals surface area contributed by atoms with E-state index < -0.39 is 90.5 Å². The molecule has 2 heterocycles. The molecule has 0 aromatic carbocycles. The third-order valence-electron chi connectivity index (χ3n) is 4.14. The van der Waals surface area contributed by atoms with Crippen molar-refractivity contribution in [2.75, 3.05) is 6.61 Å². The van der Waals surface area contributed by atoms with Crippen LogP contribution in [0.2, 0.25) is 0 Å². The molecule has 5 atom stereocenters. The van der Waals surface area contributed by atoms with Crippen molar-refractivity contribution in [3.63, 3.8) is 0 Å². The zero-order valence-corrected chi connectivity index (χ0v) is 18.1. The highest BCUT2D eigenvalue weighted by Gasteiger charge is 2.53. The van der Waals surface area contributed by atoms with Gasteiger partial charge in [0, 0.05) is 27.7 Å². The Morgan fingerprint density at radius 1 is 0.765 bits per heavy atom. The second kappa shape index (κ2) is 11.1. The highest BCUT2D eigenvalue weighted by molar-refractivity contribution is 5.68. The molecule has 1 aliphatic heterocycles. The van der Waals surface area contributed by atoms with Crippen LogP contribution in [0.4, 0.5) is 17.6 Å². The van der Waals surface area contributed by atoms with Crippen LogP contribution in [0.25, 0.3) is 0 Å². The Bertz CT molecular complexity index is 949. The largest absolute Gasteiger partial charge is 0.463 e. The maximum absolute atomic E-state index is 14.1. The van der Waals surface area contributed by atoms with E-state index in [9.17, 15) is 36.7 Å². The fourth-order valence-corrected chi connectivity index (χ4v) is 2.97. The Hall–Kier alpha value is -3.49. The first-order valence-electron chi connectivity index (χ1n) is 9.48. The van der Waals surface area contributed by atoms with Gasteiger partial charge in [-0.1, -0.05) is 0 Å². The second-order valence-electron chi connectivity index (χ2n) is 6.84. The van der Waals surface area contributed by atoms with Gasteiger partial charge in [-0.2, -0.15) is 22.5 Å². The van der Waals surface area contributed by atoms with E-state index in [-0.39, 0.29) is 0 Å². The molecule has 1 aliphatic rings. The molecule has 0 bridgehead atoms. The molecule has 0 saturated carbocycles. The van der Waals surface area contributed by atoms with E-state index in [4.69, 9.17) is 28.4 Å². The van der Waals surface area contributed by atoms with Crippen molar-refractivity contribution in [3.05, 3.63) is 23.5 Å². The van der Waals surface area contributed by atoms with Gasteiger partial charge in [0.25, 0.3) is 11.9 Å². The molecule has 11 nitrogen and oxygen atoms in total. The smallest absolute Gasteiger partial charge is 0.303 e. The minimum Gasteiger partial charge on any atom is -0.463 e. The van der Waals surface area contributed by atoms with E-state index in [0.29, 0.717) is 0 Å². The summed E-state index contributed by atoms with van der Waals surface area (Å²) in [5.41, 5.74) is 0. The van der Waals surface area contributed by atoms with Crippen molar-refractivity contribution in [2.24, 2.45) is 0 Å². The average Bonchev–Trinajstić information content (AvgIpc) is 2.71. The number of carbonyl (C=O) groups excluding carboxylic acids is 4. The predicted octanol–water partition coefficient (Wildman–Crippen LogP) is 1.10. The van der Waals surface area contributed by atoms with Crippen LogP contribution < -0.4 is 4.74 Å². The highest BCUT2D eigenvalue weighted by Crippen LogP contribution is 2.33. The Balaban J connectivity index is 2.57. The van der Waals surface area contributed by atoms with Gasteiger partial charge in [-0.15, -0.1) is 0 Å². The number of carbonyl (C=O) groups is 4. The van der Waals surface area contributed by atoms with Gasteiger partial charge in [-0.3, -0.25) is 19.2 Å². The third-order valence-corrected chi connectivity index (χ3v) is 4.14. The van der Waals surface area contributed by atoms with Crippen molar-refractivity contribution in [1.29, 1.82) is 0 Å². The molecule has 15 heteroatoms. The number of ether oxygens (including phenoxy) is 6. The highest BCUT2D eigenvalue weighted by atomic mass is 19.2. The average molecular weight is 497 g/mol. The summed E-state index contributed by atoms with van der Waals surface area (Å²) in [6, 6.07) is 0. The Kier molecular flexibility index (Phi) is 8.73. The van der Waals surface area contributed by atoms with Crippen LogP contribution in [0.3, 0.4) is 0 Å². The molecule has 2 rings (SSSR count). The fraction of sp³-hybridized carbons (Fsp3) is 0.526. The molecule has 34 heavy (non-hydrogen) atoms. The molecule has 0 spiro atoms. The van der Waals surface area contributed by atoms with Crippen LogP contribution in [-0.2, 0) is 42.9 Å². The van der Waals surface area contributed by atoms with E-state index in [0.717, 1.165) is 27.7 Å². The van der Waals surface area contributed by atoms with Gasteiger partial charge < -0.3 is 28.4 Å². The van der Waals surface area contributed by atoms with E-state index in [1.165, 1.54) is 0 Å². The first-order chi connectivity index (χ1) is 15.8. The topological polar surface area (TPSA) is 137 Å². The van der Waals surface area contributed by atoms with E-state index in [1.54, 1.807) is 0 Å². The van der Waals surface area contributed by atoms with Gasteiger partial charge in [0.15, 0.2) is 12.2 Å². The molecule has 0 amide bonds. The fourth-order valence-electron chi connectivity index (χ4n) is 2.97. The number of esters is 4. The van der Waals surface area contributed by atoms with E-state index in [1.807, 2.05) is 0 Å². The van der Waals surface area contributed by atoms with Crippen LogP contribution in [0, 0.1) is 23.5 Å². The summed E-state index contributed by atoms with van der Waals surface area (Å²) < 4.78 is 85.7. The molecule has 188 valence electrons. The van der Waals surface area contributed by atoms with Gasteiger partial charge in [0.1, 0.15) is 12.7 Å². The van der Waals surface area contributed by atoms with Gasteiger partial charge >= 0.3 is 23.9 Å². The molecule has 0 aliphatic carbocycles. The van der Waals surface area contributed by atoms with Crippen LogP contribution in [0.1, 0.15) is 27.7 Å². The summed E-state index contributed by atoms with van der Waals surface area (Å²) in [6.45, 7) is 3.18. The number of rotatable bonds is 7.